The first kappa shape index (κ1) is 27.3. The maximum Gasteiger partial charge on any atom is 0.410 e. The smallest absolute Gasteiger partial charge is 0.410 e. The molecule has 1 amide bonds. The van der Waals surface area contributed by atoms with Gasteiger partial charge in [0.25, 0.3) is 0 Å². The normalized spacial score (nSPS) is 31.2. The average molecular weight is 591 g/mol. The number of piperazine rings is 1. The highest BCUT2D eigenvalue weighted by Gasteiger charge is 2.51. The van der Waals surface area contributed by atoms with Crippen LogP contribution < -0.4 is 9.64 Å². The van der Waals surface area contributed by atoms with Gasteiger partial charge in [-0.15, -0.1) is 0 Å². The summed E-state index contributed by atoms with van der Waals surface area (Å²) >= 11 is 6.26. The van der Waals surface area contributed by atoms with Gasteiger partial charge in [-0.1, -0.05) is 11.6 Å². The van der Waals surface area contributed by atoms with Gasteiger partial charge in [0.05, 0.1) is 34.7 Å². The van der Waals surface area contributed by atoms with Gasteiger partial charge in [-0.3, -0.25) is 9.80 Å². The van der Waals surface area contributed by atoms with Crippen molar-refractivity contribution in [1.82, 2.24) is 24.8 Å². The summed E-state index contributed by atoms with van der Waals surface area (Å²) in [7, 11) is 0. The van der Waals surface area contributed by atoms with E-state index in [4.69, 9.17) is 26.1 Å². The van der Waals surface area contributed by atoms with Gasteiger partial charge in [0.15, 0.2) is 11.0 Å². The van der Waals surface area contributed by atoms with E-state index in [1.807, 2.05) is 25.7 Å². The van der Waals surface area contributed by atoms with E-state index in [0.717, 1.165) is 45.1 Å². The molecule has 41 heavy (non-hydrogen) atoms. The van der Waals surface area contributed by atoms with E-state index < -0.39 is 17.6 Å². The number of alkyl halides is 1. The van der Waals surface area contributed by atoms with Gasteiger partial charge in [-0.25, -0.2) is 18.6 Å². The molecule has 7 rings (SSSR count). The van der Waals surface area contributed by atoms with Crippen LogP contribution in [0.1, 0.15) is 71.4 Å². The zero-order valence-electron chi connectivity index (χ0n) is 23.8. The molecule has 9 nitrogen and oxygen atoms in total. The Hall–Kier alpha value is -2.53. The molecule has 0 saturated carbocycles. The monoisotopic (exact) mass is 590 g/mol. The lowest BCUT2D eigenvalue weighted by molar-refractivity contribution is 0.00699. The van der Waals surface area contributed by atoms with Gasteiger partial charge in [-0.05, 0) is 72.3 Å². The summed E-state index contributed by atoms with van der Waals surface area (Å²) in [5.74, 6) is -0.124. The molecule has 0 aliphatic carbocycles. The minimum Gasteiger partial charge on any atom is -0.461 e. The highest BCUT2D eigenvalue weighted by Crippen LogP contribution is 2.44. The maximum atomic E-state index is 15.6. The lowest BCUT2D eigenvalue weighted by Crippen LogP contribution is -2.62. The molecule has 222 valence electrons. The van der Waals surface area contributed by atoms with Gasteiger partial charge in [0.2, 0.25) is 0 Å². The number of carbonyl (C=O) groups excluding carboxylic acids is 1. The molecule has 4 saturated heterocycles. The third-order valence-electron chi connectivity index (χ3n) is 9.60. The number of pyridine rings is 1. The summed E-state index contributed by atoms with van der Waals surface area (Å²) in [4.78, 5) is 33.4. The van der Waals surface area contributed by atoms with Crippen LogP contribution in [0.4, 0.5) is 19.4 Å². The number of aryl methyl sites for hydroxylation is 1. The van der Waals surface area contributed by atoms with Crippen molar-refractivity contribution < 1.29 is 23.0 Å². The van der Waals surface area contributed by atoms with Crippen molar-refractivity contribution in [2.75, 3.05) is 31.1 Å². The van der Waals surface area contributed by atoms with Crippen LogP contribution in [0.15, 0.2) is 0 Å². The van der Waals surface area contributed by atoms with Gasteiger partial charge in [0.1, 0.15) is 29.7 Å². The van der Waals surface area contributed by atoms with Crippen LogP contribution in [-0.2, 0) is 11.2 Å². The van der Waals surface area contributed by atoms with E-state index in [2.05, 4.69) is 19.8 Å². The van der Waals surface area contributed by atoms with E-state index in [1.165, 1.54) is 0 Å². The third kappa shape index (κ3) is 4.58. The zero-order chi connectivity index (χ0) is 28.7. The fourth-order valence-electron chi connectivity index (χ4n) is 7.98. The highest BCUT2D eigenvalue weighted by atomic mass is 35.5. The Morgan fingerprint density at radius 3 is 2.76 bits per heavy atom. The van der Waals surface area contributed by atoms with Crippen LogP contribution in [0.25, 0.3) is 10.9 Å². The number of halogens is 3. The first-order chi connectivity index (χ1) is 19.5. The number of hydrogen-bond donors (Lipinski definition) is 0. The largest absolute Gasteiger partial charge is 0.461 e. The van der Waals surface area contributed by atoms with Crippen LogP contribution in [0.5, 0.6) is 6.01 Å². The molecule has 2 bridgehead atoms. The van der Waals surface area contributed by atoms with Crippen LogP contribution in [0, 0.1) is 5.82 Å². The average Bonchev–Trinajstić information content (AvgIpc) is 3.53. The molecule has 5 aliphatic rings. The van der Waals surface area contributed by atoms with Crippen LogP contribution >= 0.6 is 11.6 Å². The molecule has 2 aromatic heterocycles. The number of ether oxygens (including phenoxy) is 2. The first-order valence-corrected chi connectivity index (χ1v) is 15.3. The number of hydrogen-bond acceptors (Lipinski definition) is 8. The second-order valence-electron chi connectivity index (χ2n) is 13.4. The molecule has 0 spiro atoms. The van der Waals surface area contributed by atoms with Crippen LogP contribution in [0.2, 0.25) is 5.15 Å². The summed E-state index contributed by atoms with van der Waals surface area (Å²) < 4.78 is 42.0. The minimum absolute atomic E-state index is 0.0230. The Balaban J connectivity index is 1.27. The van der Waals surface area contributed by atoms with E-state index in [-0.39, 0.29) is 53.0 Å². The van der Waals surface area contributed by atoms with Gasteiger partial charge < -0.3 is 14.4 Å². The summed E-state index contributed by atoms with van der Waals surface area (Å²) in [5, 5.41) is 0.339. The van der Waals surface area contributed by atoms with Crippen LogP contribution in [0.3, 0.4) is 0 Å². The SMILES string of the molecule is CC(C)(C)OC(=O)N1[C@@H]2CC[C@H]1[C@@H]1CCCc3nc(Cl)c(F)c4nc(OC[C@@]56CCCN5C[C@H](F)C6)nc(c34)N1C2. The molecule has 0 aromatic carbocycles. The molecule has 7 heterocycles. The molecular weight excluding hydrogens is 554 g/mol. The fourth-order valence-corrected chi connectivity index (χ4v) is 8.18. The predicted molar refractivity (Wildman–Crippen MR) is 150 cm³/mol. The molecule has 12 heteroatoms. The second-order valence-corrected chi connectivity index (χ2v) is 13.7. The van der Waals surface area contributed by atoms with Crippen molar-refractivity contribution in [3.8, 4) is 6.01 Å². The molecular formula is C29H37ClF2N6O3. The number of nitrogens with zero attached hydrogens (tertiary/aromatic N) is 6. The van der Waals surface area contributed by atoms with E-state index >= 15 is 4.39 Å². The van der Waals surface area contributed by atoms with Crippen molar-refractivity contribution in [1.29, 1.82) is 0 Å². The minimum atomic E-state index is -0.882. The zero-order valence-corrected chi connectivity index (χ0v) is 24.6. The van der Waals surface area contributed by atoms with E-state index in [0.29, 0.717) is 42.8 Å². The number of fused-ring (bicyclic) bond motifs is 6. The van der Waals surface area contributed by atoms with Crippen molar-refractivity contribution in [2.24, 2.45) is 0 Å². The fraction of sp³-hybridized carbons (Fsp3) is 0.724. The highest BCUT2D eigenvalue weighted by molar-refractivity contribution is 6.30. The Morgan fingerprint density at radius 2 is 1.95 bits per heavy atom. The number of anilines is 1. The van der Waals surface area contributed by atoms with Crippen molar-refractivity contribution in [3.63, 3.8) is 0 Å². The van der Waals surface area contributed by atoms with Crippen LogP contribution in [-0.4, -0.2) is 92.5 Å². The lowest BCUT2D eigenvalue weighted by atomic mass is 9.93. The Labute approximate surface area is 243 Å². The number of rotatable bonds is 3. The molecule has 0 N–H and O–H groups in total. The number of aromatic nitrogens is 3. The van der Waals surface area contributed by atoms with Gasteiger partial charge in [0, 0.05) is 19.5 Å². The van der Waals surface area contributed by atoms with Crippen molar-refractivity contribution in [2.45, 2.75) is 108 Å². The topological polar surface area (TPSA) is 83.9 Å². The summed E-state index contributed by atoms with van der Waals surface area (Å²) in [6.07, 6.45) is 5.02. The van der Waals surface area contributed by atoms with E-state index in [1.54, 1.807) is 0 Å². The Morgan fingerprint density at radius 1 is 1.12 bits per heavy atom. The molecule has 2 aromatic rings. The summed E-state index contributed by atoms with van der Waals surface area (Å²) in [6, 6.07) is -0.0653. The first-order valence-electron chi connectivity index (χ1n) is 14.9. The predicted octanol–water partition coefficient (Wildman–Crippen LogP) is 5.07. The second kappa shape index (κ2) is 9.76. The molecule has 5 aliphatic heterocycles. The Kier molecular flexibility index (Phi) is 6.50. The van der Waals surface area contributed by atoms with E-state index in [9.17, 15) is 9.18 Å². The molecule has 0 unspecified atom stereocenters. The summed E-state index contributed by atoms with van der Waals surface area (Å²) in [6.45, 7) is 7.68. The summed E-state index contributed by atoms with van der Waals surface area (Å²) in [5.41, 5.74) is -0.205. The third-order valence-corrected chi connectivity index (χ3v) is 9.85. The van der Waals surface area contributed by atoms with Gasteiger partial charge >= 0.3 is 12.1 Å². The maximum absolute atomic E-state index is 15.6. The standard InChI is InChI=1S/C29H37ClF2N6O3/c1-28(2,3)41-27(39)38-17-8-9-20(38)19-7-4-6-18-21-23(22(32)24(30)33-18)34-26(35-25(21)37(19)14-17)40-15-29-10-5-11-36(29)13-16(31)12-29/h16-17,19-20H,4-15H2,1-3H3/t16-,17-,19+,20+,29+/m1/s1. The molecule has 0 radical (unpaired) electrons. The van der Waals surface area contributed by atoms with Gasteiger partial charge in [-0.2, -0.15) is 9.97 Å². The lowest BCUT2D eigenvalue weighted by Gasteiger charge is -2.48. The van der Waals surface area contributed by atoms with Crippen molar-refractivity contribution >= 4 is 34.4 Å². The molecule has 4 fully saturated rings. The molecule has 5 atom stereocenters. The number of amides is 1. The Bertz CT molecular complexity index is 1390. The quantitative estimate of drug-likeness (QED) is 0.459. The van der Waals surface area contributed by atoms with Crippen molar-refractivity contribution in [3.05, 3.63) is 16.7 Å². The number of carbonyl (C=O) groups is 1.